The smallest absolute Gasteiger partial charge is 0.469 e. The van der Waals surface area contributed by atoms with Crippen molar-refractivity contribution in [1.29, 1.82) is 0 Å². The molecule has 0 aromatic rings. The Bertz CT molecular complexity index is 1040. The molecule has 0 aliphatic rings. The van der Waals surface area contributed by atoms with E-state index in [0.29, 0.717) is 12.8 Å². The number of ether oxygens (including phenoxy) is 2. The van der Waals surface area contributed by atoms with Crippen LogP contribution >= 0.6 is 7.82 Å². The van der Waals surface area contributed by atoms with Crippen LogP contribution < -0.4 is 0 Å². The molecule has 0 spiro atoms. The van der Waals surface area contributed by atoms with E-state index in [9.17, 15) is 14.5 Å². The predicted octanol–water partition coefficient (Wildman–Crippen LogP) is 11.1. The van der Waals surface area contributed by atoms with E-state index in [0.717, 1.165) is 44.9 Å². The molecule has 0 aromatic heterocycles. The van der Waals surface area contributed by atoms with E-state index >= 15 is 0 Å². The second-order valence-electron chi connectivity index (χ2n) is 12.4. The number of aliphatic hydroxyl groups is 1. The van der Waals surface area contributed by atoms with Crippen LogP contribution in [0.25, 0.3) is 0 Å². The Kier molecular flexibility index (Phi) is 34.5. The fraction of sp³-hybridized carbons (Fsp3) is 0.634. The largest absolute Gasteiger partial charge is 0.492 e. The lowest BCUT2D eigenvalue weighted by Crippen LogP contribution is -2.25. The Morgan fingerprint density at radius 2 is 1.24 bits per heavy atom. The van der Waals surface area contributed by atoms with Crippen molar-refractivity contribution < 1.29 is 38.3 Å². The SMILES string of the molecule is CC/C=C\C/C=C\C/C=C\C/C=C\C=C/C(O)C/C=C\CCC(=O)OC[C@H](COP(=O)(O)O)O/C=C/CCCCCCCCCCCCCC. The van der Waals surface area contributed by atoms with E-state index < -0.39 is 32.6 Å². The quantitative estimate of drug-likeness (QED) is 0.0150. The molecule has 0 rings (SSSR count). The minimum Gasteiger partial charge on any atom is -0.492 e. The summed E-state index contributed by atoms with van der Waals surface area (Å²) in [7, 11) is -4.69. The summed E-state index contributed by atoms with van der Waals surface area (Å²) in [4.78, 5) is 30.3. The van der Waals surface area contributed by atoms with Gasteiger partial charge in [-0.05, 0) is 57.4 Å². The van der Waals surface area contributed by atoms with Gasteiger partial charge in [0, 0.05) is 6.42 Å². The maximum atomic E-state index is 12.2. The number of hydrogen-bond donors (Lipinski definition) is 3. The van der Waals surface area contributed by atoms with Gasteiger partial charge >= 0.3 is 13.8 Å². The van der Waals surface area contributed by atoms with Gasteiger partial charge in [-0.2, -0.15) is 0 Å². The zero-order chi connectivity index (χ0) is 36.8. The number of rotatable bonds is 34. The first-order chi connectivity index (χ1) is 24.3. The molecular formula is C41H69O8P. The molecule has 8 nitrogen and oxygen atoms in total. The fourth-order valence-electron chi connectivity index (χ4n) is 4.77. The van der Waals surface area contributed by atoms with Crippen LogP contribution in [0.5, 0.6) is 0 Å². The third kappa shape index (κ3) is 38.3. The topological polar surface area (TPSA) is 123 Å². The number of esters is 1. The Balaban J connectivity index is 4.15. The van der Waals surface area contributed by atoms with Gasteiger partial charge in [-0.1, -0.05) is 157 Å². The Hall–Kier alpha value is -2.48. The molecule has 9 heteroatoms. The van der Waals surface area contributed by atoms with Gasteiger partial charge < -0.3 is 24.4 Å². The lowest BCUT2D eigenvalue weighted by atomic mass is 10.0. The van der Waals surface area contributed by atoms with Crippen molar-refractivity contribution in [2.24, 2.45) is 0 Å². The van der Waals surface area contributed by atoms with Crippen molar-refractivity contribution in [2.45, 2.75) is 154 Å². The standard InChI is InChI=1S/C41H69O8P/c1-3-5-7-9-11-13-15-17-19-21-23-25-27-32-36-47-40(38-49-50(44,45)46)37-48-41(43)35-31-28-30-34-39(42)33-29-26-24-22-20-18-16-14-12-10-8-6-4-2/h6,8,12,14,18,20,24,26,28-30,32-33,36,39-40,42H,3-5,7,9-11,13,15-17,19,21-23,25,27,31,34-35,37-38H2,1-2H3,(H2,44,45,46)/b8-6-,14-12-,20-18-,26-24-,30-28-,33-29-,36-32+/t39?,40-/m1/s1. The highest BCUT2D eigenvalue weighted by atomic mass is 31.2. The van der Waals surface area contributed by atoms with Crippen LogP contribution in [0.3, 0.4) is 0 Å². The van der Waals surface area contributed by atoms with E-state index in [1.807, 2.05) is 36.5 Å². The zero-order valence-electron chi connectivity index (χ0n) is 31.1. The van der Waals surface area contributed by atoms with Crippen molar-refractivity contribution in [2.75, 3.05) is 13.2 Å². The van der Waals surface area contributed by atoms with Crippen molar-refractivity contribution >= 4 is 13.8 Å². The molecule has 2 atom stereocenters. The highest BCUT2D eigenvalue weighted by Crippen LogP contribution is 2.35. The maximum absolute atomic E-state index is 12.2. The van der Waals surface area contributed by atoms with Gasteiger partial charge in [-0.3, -0.25) is 9.32 Å². The molecular weight excluding hydrogens is 651 g/mol. The van der Waals surface area contributed by atoms with Crippen LogP contribution in [0, 0.1) is 0 Å². The molecule has 0 radical (unpaired) electrons. The molecule has 0 aromatic carbocycles. The predicted molar refractivity (Wildman–Crippen MR) is 208 cm³/mol. The van der Waals surface area contributed by atoms with Crippen LogP contribution in [0.1, 0.15) is 142 Å². The summed E-state index contributed by atoms with van der Waals surface area (Å²) in [5.74, 6) is -0.459. The second kappa shape index (κ2) is 36.3. The fourth-order valence-corrected chi connectivity index (χ4v) is 5.13. The first-order valence-electron chi connectivity index (χ1n) is 19.1. The highest BCUT2D eigenvalue weighted by Gasteiger charge is 2.20. The highest BCUT2D eigenvalue weighted by molar-refractivity contribution is 7.46. The molecule has 50 heavy (non-hydrogen) atoms. The Labute approximate surface area is 304 Å². The Morgan fingerprint density at radius 1 is 0.660 bits per heavy atom. The minimum absolute atomic E-state index is 0.130. The third-order valence-electron chi connectivity index (χ3n) is 7.64. The van der Waals surface area contributed by atoms with Gasteiger partial charge in [0.15, 0.2) is 6.10 Å². The summed E-state index contributed by atoms with van der Waals surface area (Å²) in [6.07, 6.45) is 47.0. The number of unbranched alkanes of at least 4 members (excludes halogenated alkanes) is 12. The summed E-state index contributed by atoms with van der Waals surface area (Å²) >= 11 is 0. The molecule has 0 heterocycles. The van der Waals surface area contributed by atoms with E-state index in [1.54, 1.807) is 6.08 Å². The maximum Gasteiger partial charge on any atom is 0.469 e. The molecule has 286 valence electrons. The number of aliphatic hydroxyl groups excluding tert-OH is 1. The summed E-state index contributed by atoms with van der Waals surface area (Å²) in [5.41, 5.74) is 0. The number of hydrogen-bond acceptors (Lipinski definition) is 6. The van der Waals surface area contributed by atoms with Crippen molar-refractivity contribution in [1.82, 2.24) is 0 Å². The van der Waals surface area contributed by atoms with E-state index in [2.05, 4.69) is 54.8 Å². The molecule has 0 fully saturated rings. The number of carbonyl (C=O) groups excluding carboxylic acids is 1. The molecule has 0 bridgehead atoms. The molecule has 1 unspecified atom stereocenters. The average Bonchev–Trinajstić information content (AvgIpc) is 3.08. The normalized spacial score (nSPS) is 14.2. The van der Waals surface area contributed by atoms with Crippen LogP contribution in [-0.4, -0.2) is 46.3 Å². The summed E-state index contributed by atoms with van der Waals surface area (Å²) in [5, 5.41) is 10.1. The molecule has 0 saturated heterocycles. The third-order valence-corrected chi connectivity index (χ3v) is 8.13. The second-order valence-corrected chi connectivity index (χ2v) is 13.7. The number of carbonyl (C=O) groups is 1. The van der Waals surface area contributed by atoms with E-state index in [1.165, 1.54) is 70.5 Å². The first kappa shape index (κ1) is 47.5. The molecule has 0 aliphatic carbocycles. The monoisotopic (exact) mass is 720 g/mol. The van der Waals surface area contributed by atoms with Gasteiger partial charge in [-0.25, -0.2) is 4.57 Å². The van der Waals surface area contributed by atoms with Gasteiger partial charge in [0.05, 0.1) is 19.0 Å². The van der Waals surface area contributed by atoms with Crippen LogP contribution in [0.2, 0.25) is 0 Å². The van der Waals surface area contributed by atoms with Crippen molar-refractivity contribution in [3.63, 3.8) is 0 Å². The molecule has 0 saturated carbocycles. The van der Waals surface area contributed by atoms with Crippen LogP contribution in [0.4, 0.5) is 0 Å². The lowest BCUT2D eigenvalue weighted by molar-refractivity contribution is -0.147. The van der Waals surface area contributed by atoms with Crippen molar-refractivity contribution in [3.05, 3.63) is 85.3 Å². The first-order valence-corrected chi connectivity index (χ1v) is 20.6. The summed E-state index contributed by atoms with van der Waals surface area (Å²) in [6, 6.07) is 0. The minimum atomic E-state index is -4.69. The molecule has 3 N–H and O–H groups in total. The van der Waals surface area contributed by atoms with E-state index in [-0.39, 0.29) is 13.0 Å². The summed E-state index contributed by atoms with van der Waals surface area (Å²) < 4.78 is 26.6. The zero-order valence-corrected chi connectivity index (χ0v) is 32.0. The van der Waals surface area contributed by atoms with Gasteiger partial charge in [-0.15, -0.1) is 0 Å². The average molecular weight is 721 g/mol. The number of phosphoric acid groups is 1. The molecule has 0 amide bonds. The van der Waals surface area contributed by atoms with Crippen LogP contribution in [0.15, 0.2) is 85.3 Å². The number of phosphoric ester groups is 1. The molecule has 0 aliphatic heterocycles. The van der Waals surface area contributed by atoms with Crippen molar-refractivity contribution in [3.8, 4) is 0 Å². The van der Waals surface area contributed by atoms with Crippen LogP contribution in [-0.2, 0) is 23.4 Å². The van der Waals surface area contributed by atoms with Gasteiger partial charge in [0.1, 0.15) is 6.61 Å². The van der Waals surface area contributed by atoms with Gasteiger partial charge in [0.25, 0.3) is 0 Å². The summed E-state index contributed by atoms with van der Waals surface area (Å²) in [6.45, 7) is 3.78. The lowest BCUT2D eigenvalue weighted by Gasteiger charge is -2.17. The van der Waals surface area contributed by atoms with E-state index in [4.69, 9.17) is 19.3 Å². The Morgan fingerprint density at radius 3 is 1.84 bits per heavy atom. The van der Waals surface area contributed by atoms with Gasteiger partial charge in [0.2, 0.25) is 0 Å². The number of allylic oxidation sites excluding steroid dienone is 11.